The average Bonchev–Trinajstić information content (AvgIpc) is 2.67. The van der Waals surface area contributed by atoms with Crippen LogP contribution in [-0.4, -0.2) is 47.7 Å². The van der Waals surface area contributed by atoms with Gasteiger partial charge in [0, 0.05) is 12.5 Å². The lowest BCUT2D eigenvalue weighted by atomic mass is 10.1. The van der Waals surface area contributed by atoms with E-state index in [9.17, 15) is 15.0 Å². The molecule has 0 aliphatic heterocycles. The minimum Gasteiger partial charge on any atom is -0.491 e. The third-order valence-electron chi connectivity index (χ3n) is 3.83. The highest BCUT2D eigenvalue weighted by molar-refractivity contribution is 6.42. The summed E-state index contributed by atoms with van der Waals surface area (Å²) < 4.78 is 16.4. The molecule has 0 aliphatic carbocycles. The predicted octanol–water partition coefficient (Wildman–Crippen LogP) is 4.23. The number of aliphatic hydroxyl groups is 1. The SMILES string of the molecule is CC(C)OC(Cc1ccc(OCC(O)COc2ccc(Cl)c(Cl)c2)cc1)C(=O)O. The summed E-state index contributed by atoms with van der Waals surface area (Å²) in [4.78, 5) is 11.3. The number of hydrogen-bond donors (Lipinski definition) is 2. The summed E-state index contributed by atoms with van der Waals surface area (Å²) in [6.07, 6.45) is -1.66. The van der Waals surface area contributed by atoms with Crippen LogP contribution in [0.1, 0.15) is 19.4 Å². The molecule has 8 heteroatoms. The molecule has 0 fully saturated rings. The Morgan fingerprint density at radius 3 is 2.10 bits per heavy atom. The maximum Gasteiger partial charge on any atom is 0.333 e. The monoisotopic (exact) mass is 442 g/mol. The zero-order chi connectivity index (χ0) is 21.4. The highest BCUT2D eigenvalue weighted by Gasteiger charge is 2.20. The zero-order valence-electron chi connectivity index (χ0n) is 16.2. The molecule has 0 amide bonds. The molecule has 29 heavy (non-hydrogen) atoms. The van der Waals surface area contributed by atoms with Gasteiger partial charge in [0.1, 0.15) is 30.8 Å². The van der Waals surface area contributed by atoms with Crippen LogP contribution in [0.4, 0.5) is 0 Å². The summed E-state index contributed by atoms with van der Waals surface area (Å²) >= 11 is 11.8. The van der Waals surface area contributed by atoms with Crippen LogP contribution in [0.25, 0.3) is 0 Å². The number of carboxylic acid groups (broad SMARTS) is 1. The van der Waals surface area contributed by atoms with Gasteiger partial charge in [-0.3, -0.25) is 0 Å². The number of rotatable bonds is 11. The molecule has 0 saturated heterocycles. The van der Waals surface area contributed by atoms with Crippen molar-refractivity contribution in [1.29, 1.82) is 0 Å². The van der Waals surface area contributed by atoms with Crippen molar-refractivity contribution in [3.63, 3.8) is 0 Å². The Morgan fingerprint density at radius 2 is 1.55 bits per heavy atom. The van der Waals surface area contributed by atoms with Crippen LogP contribution >= 0.6 is 23.2 Å². The molecule has 6 nitrogen and oxygen atoms in total. The van der Waals surface area contributed by atoms with Crippen LogP contribution in [0, 0.1) is 0 Å². The summed E-state index contributed by atoms with van der Waals surface area (Å²) in [5.41, 5.74) is 0.814. The van der Waals surface area contributed by atoms with Gasteiger partial charge < -0.3 is 24.4 Å². The smallest absolute Gasteiger partial charge is 0.333 e. The number of aliphatic carboxylic acids is 1. The molecule has 0 radical (unpaired) electrons. The van der Waals surface area contributed by atoms with Gasteiger partial charge in [-0.15, -0.1) is 0 Å². The van der Waals surface area contributed by atoms with Gasteiger partial charge in [0.15, 0.2) is 6.10 Å². The molecular formula is C21H24Cl2O6. The van der Waals surface area contributed by atoms with E-state index < -0.39 is 18.2 Å². The molecule has 0 saturated carbocycles. The fourth-order valence-electron chi connectivity index (χ4n) is 2.46. The number of halogens is 2. The van der Waals surface area contributed by atoms with Crippen LogP contribution in [0.3, 0.4) is 0 Å². The lowest BCUT2D eigenvalue weighted by Crippen LogP contribution is -2.29. The summed E-state index contributed by atoms with van der Waals surface area (Å²) in [5, 5.41) is 20.1. The van der Waals surface area contributed by atoms with E-state index in [0.717, 1.165) is 5.56 Å². The average molecular weight is 443 g/mol. The molecule has 0 aliphatic rings. The number of ether oxygens (including phenoxy) is 3. The minimum atomic E-state index is -0.996. The standard InChI is InChI=1S/C21H24Cl2O6/c1-13(2)29-20(21(25)26)9-14-3-5-16(6-4-14)27-11-15(24)12-28-17-7-8-18(22)19(23)10-17/h3-8,10,13,15,20,24H,9,11-12H2,1-2H3,(H,25,26). The van der Waals surface area contributed by atoms with E-state index in [2.05, 4.69) is 0 Å². The van der Waals surface area contributed by atoms with Crippen molar-refractivity contribution in [3.8, 4) is 11.5 Å². The van der Waals surface area contributed by atoms with Gasteiger partial charge in [-0.05, 0) is 43.7 Å². The van der Waals surface area contributed by atoms with Gasteiger partial charge in [-0.25, -0.2) is 4.79 Å². The molecule has 2 atom stereocenters. The molecule has 0 heterocycles. The van der Waals surface area contributed by atoms with E-state index >= 15 is 0 Å². The largest absolute Gasteiger partial charge is 0.491 e. The summed E-state index contributed by atoms with van der Waals surface area (Å²) in [6.45, 7) is 3.66. The van der Waals surface area contributed by atoms with Crippen molar-refractivity contribution >= 4 is 29.2 Å². The maximum atomic E-state index is 11.3. The van der Waals surface area contributed by atoms with Gasteiger partial charge in [-0.1, -0.05) is 35.3 Å². The molecule has 0 spiro atoms. The molecular weight excluding hydrogens is 419 g/mol. The van der Waals surface area contributed by atoms with Crippen LogP contribution in [0.5, 0.6) is 11.5 Å². The summed E-state index contributed by atoms with van der Waals surface area (Å²) in [5.74, 6) is 0.0579. The second kappa shape index (κ2) is 11.3. The Hall–Kier alpha value is -1.99. The quantitative estimate of drug-likeness (QED) is 0.541. The van der Waals surface area contributed by atoms with Crippen molar-refractivity contribution in [2.75, 3.05) is 13.2 Å². The highest BCUT2D eigenvalue weighted by Crippen LogP contribution is 2.26. The van der Waals surface area contributed by atoms with E-state index in [1.54, 1.807) is 56.3 Å². The molecule has 158 valence electrons. The number of benzene rings is 2. The topological polar surface area (TPSA) is 85.2 Å². The van der Waals surface area contributed by atoms with Gasteiger partial charge in [0.2, 0.25) is 0 Å². The van der Waals surface area contributed by atoms with Crippen molar-refractivity contribution in [1.82, 2.24) is 0 Å². The molecule has 2 N–H and O–H groups in total. The second-order valence-corrected chi connectivity index (χ2v) is 7.53. The molecule has 2 aromatic carbocycles. The first kappa shape index (κ1) is 23.3. The summed E-state index contributed by atoms with van der Waals surface area (Å²) in [7, 11) is 0. The first-order valence-electron chi connectivity index (χ1n) is 9.10. The third kappa shape index (κ3) is 8.11. The third-order valence-corrected chi connectivity index (χ3v) is 4.57. The Balaban J connectivity index is 1.80. The van der Waals surface area contributed by atoms with E-state index in [1.165, 1.54) is 0 Å². The minimum absolute atomic E-state index is 0.0306. The number of hydrogen-bond acceptors (Lipinski definition) is 5. The number of aliphatic hydroxyl groups excluding tert-OH is 1. The first-order valence-corrected chi connectivity index (χ1v) is 9.86. The van der Waals surface area contributed by atoms with E-state index in [0.29, 0.717) is 21.5 Å². The van der Waals surface area contributed by atoms with E-state index in [1.807, 2.05) is 0 Å². The molecule has 2 unspecified atom stereocenters. The van der Waals surface area contributed by atoms with Crippen LogP contribution in [0.2, 0.25) is 10.0 Å². The van der Waals surface area contributed by atoms with E-state index in [-0.39, 0.29) is 25.7 Å². The molecule has 0 bridgehead atoms. The number of carbonyl (C=O) groups is 1. The van der Waals surface area contributed by atoms with Crippen molar-refractivity contribution in [2.45, 2.75) is 38.6 Å². The lowest BCUT2D eigenvalue weighted by Gasteiger charge is -2.17. The zero-order valence-corrected chi connectivity index (χ0v) is 17.7. The normalized spacial score (nSPS) is 13.2. The van der Waals surface area contributed by atoms with E-state index in [4.69, 9.17) is 37.4 Å². The lowest BCUT2D eigenvalue weighted by molar-refractivity contribution is -0.153. The molecule has 2 aromatic rings. The Kier molecular flexibility index (Phi) is 9.04. The predicted molar refractivity (Wildman–Crippen MR) is 111 cm³/mol. The van der Waals surface area contributed by atoms with Gasteiger partial charge in [-0.2, -0.15) is 0 Å². The fourth-order valence-corrected chi connectivity index (χ4v) is 2.75. The Morgan fingerprint density at radius 1 is 0.966 bits per heavy atom. The number of carboxylic acids is 1. The van der Waals surface area contributed by atoms with Crippen molar-refractivity contribution in [3.05, 3.63) is 58.1 Å². The van der Waals surface area contributed by atoms with Crippen LogP contribution in [-0.2, 0) is 16.0 Å². The molecule has 0 aromatic heterocycles. The fraction of sp³-hybridized carbons (Fsp3) is 0.381. The van der Waals surface area contributed by atoms with Crippen LogP contribution in [0.15, 0.2) is 42.5 Å². The summed E-state index contributed by atoms with van der Waals surface area (Å²) in [6, 6.07) is 11.8. The van der Waals surface area contributed by atoms with Crippen molar-refractivity contribution < 1.29 is 29.2 Å². The Bertz CT molecular complexity index is 794. The first-order chi connectivity index (χ1) is 13.7. The van der Waals surface area contributed by atoms with Gasteiger partial charge >= 0.3 is 5.97 Å². The Labute approximate surface area is 179 Å². The van der Waals surface area contributed by atoms with Gasteiger partial charge in [0.25, 0.3) is 0 Å². The highest BCUT2D eigenvalue weighted by atomic mass is 35.5. The molecule has 2 rings (SSSR count). The second-order valence-electron chi connectivity index (χ2n) is 6.71. The van der Waals surface area contributed by atoms with Crippen molar-refractivity contribution in [2.24, 2.45) is 0 Å². The van der Waals surface area contributed by atoms with Crippen LogP contribution < -0.4 is 9.47 Å². The maximum absolute atomic E-state index is 11.3. The van der Waals surface area contributed by atoms with Gasteiger partial charge in [0.05, 0.1) is 16.1 Å².